The van der Waals surface area contributed by atoms with Gasteiger partial charge in [-0.05, 0) is 31.2 Å². The maximum Gasteiger partial charge on any atom is 0.446 e. The van der Waals surface area contributed by atoms with Gasteiger partial charge in [0.25, 0.3) is 5.91 Å². The van der Waals surface area contributed by atoms with Gasteiger partial charge in [0.05, 0.1) is 0 Å². The number of Topliss-reactive ketones (excluding diaryl/α,β-unsaturated/α-hetero) is 1. The van der Waals surface area contributed by atoms with Crippen molar-refractivity contribution < 1.29 is 27.2 Å². The molecule has 0 aromatic heterocycles. The van der Waals surface area contributed by atoms with E-state index in [2.05, 4.69) is 11.6 Å². The summed E-state index contributed by atoms with van der Waals surface area (Å²) in [6.45, 7) is 1.29. The monoisotopic (exact) mass is 297 g/mol. The summed E-state index contributed by atoms with van der Waals surface area (Å²) < 4.78 is 49.5. The number of amides is 1. The van der Waals surface area contributed by atoms with Crippen molar-refractivity contribution >= 4 is 29.0 Å². The summed E-state index contributed by atoms with van der Waals surface area (Å²) in [5, 5.41) is -2.83. The van der Waals surface area contributed by atoms with Crippen LogP contribution in [0, 0.1) is 0 Å². The third-order valence-corrected chi connectivity index (χ3v) is 2.58. The Morgan fingerprint density at radius 1 is 1.11 bits per heavy atom. The molecule has 0 heterocycles. The molecular weight excluding hydrogens is 290 g/mol. The number of carbonyl (C=O) groups excluding carboxylic acids is 2. The molecule has 8 heteroatoms. The quantitative estimate of drug-likeness (QED) is 0.528. The van der Waals surface area contributed by atoms with Crippen LogP contribution in [0.25, 0.3) is 0 Å². The van der Waals surface area contributed by atoms with Crippen molar-refractivity contribution in [2.24, 2.45) is 0 Å². The Morgan fingerprint density at radius 2 is 1.58 bits per heavy atom. The van der Waals surface area contributed by atoms with E-state index in [1.807, 2.05) is 0 Å². The van der Waals surface area contributed by atoms with Gasteiger partial charge in [-0.15, -0.1) is 0 Å². The number of ketones is 1. The van der Waals surface area contributed by atoms with Crippen molar-refractivity contribution in [2.45, 2.75) is 18.2 Å². The number of benzene rings is 1. The Labute approximate surface area is 110 Å². The van der Waals surface area contributed by atoms with Crippen LogP contribution in [-0.2, 0) is 4.79 Å². The SMILES string of the molecule is CC(=O)c1ccc(NC(=O)C(F)(Cl)C(F)(F)F)cc1. The van der Waals surface area contributed by atoms with Gasteiger partial charge in [-0.2, -0.15) is 13.2 Å². The highest BCUT2D eigenvalue weighted by Gasteiger charge is 2.61. The zero-order valence-corrected chi connectivity index (χ0v) is 10.3. The number of carbonyl (C=O) groups is 2. The van der Waals surface area contributed by atoms with Crippen LogP contribution >= 0.6 is 11.6 Å². The fourth-order valence-electron chi connectivity index (χ4n) is 1.13. The molecule has 0 aliphatic heterocycles. The second kappa shape index (κ2) is 5.16. The molecule has 0 aliphatic carbocycles. The number of halogens is 5. The van der Waals surface area contributed by atoms with Gasteiger partial charge in [0.2, 0.25) is 0 Å². The van der Waals surface area contributed by atoms with Gasteiger partial charge >= 0.3 is 11.3 Å². The third kappa shape index (κ3) is 3.44. The molecule has 0 aliphatic rings. The van der Waals surface area contributed by atoms with Crippen molar-refractivity contribution in [3.05, 3.63) is 29.8 Å². The Bertz CT molecular complexity index is 496. The van der Waals surface area contributed by atoms with E-state index in [0.29, 0.717) is 5.56 Å². The predicted molar refractivity (Wildman–Crippen MR) is 60.8 cm³/mol. The second-order valence-corrected chi connectivity index (χ2v) is 4.18. The molecule has 1 aromatic rings. The third-order valence-electron chi connectivity index (χ3n) is 2.19. The highest BCUT2D eigenvalue weighted by Crippen LogP contribution is 2.38. The van der Waals surface area contributed by atoms with Crippen LogP contribution in [0.1, 0.15) is 17.3 Å². The summed E-state index contributed by atoms with van der Waals surface area (Å²) in [5.74, 6) is -2.30. The fraction of sp³-hybridized carbons (Fsp3) is 0.273. The first-order valence-corrected chi connectivity index (χ1v) is 5.30. The van der Waals surface area contributed by atoms with Gasteiger partial charge in [-0.3, -0.25) is 9.59 Å². The van der Waals surface area contributed by atoms with E-state index in [0.717, 1.165) is 12.1 Å². The molecule has 0 bridgehead atoms. The van der Waals surface area contributed by atoms with Crippen LogP contribution in [0.2, 0.25) is 0 Å². The van der Waals surface area contributed by atoms with Crippen LogP contribution < -0.4 is 5.32 Å². The smallest absolute Gasteiger partial charge is 0.322 e. The molecule has 1 atom stereocenters. The van der Waals surface area contributed by atoms with Crippen molar-refractivity contribution in [3.8, 4) is 0 Å². The average molecular weight is 298 g/mol. The standard InChI is InChI=1S/C11H8ClF4NO2/c1-6(18)7-2-4-8(5-3-7)17-9(19)10(12,13)11(14,15)16/h2-5H,1H3,(H,17,19). The fourth-order valence-corrected chi connectivity index (χ4v) is 1.17. The van der Waals surface area contributed by atoms with Gasteiger partial charge in [-0.1, -0.05) is 11.6 Å². The van der Waals surface area contributed by atoms with Crippen LogP contribution in [0.5, 0.6) is 0 Å². The Kier molecular flexibility index (Phi) is 4.19. The summed E-state index contributed by atoms with van der Waals surface area (Å²) in [6.07, 6.45) is -5.53. The van der Waals surface area contributed by atoms with E-state index >= 15 is 0 Å². The van der Waals surface area contributed by atoms with Crippen LogP contribution in [0.4, 0.5) is 23.2 Å². The molecule has 1 unspecified atom stereocenters. The van der Waals surface area contributed by atoms with E-state index < -0.39 is 17.2 Å². The lowest BCUT2D eigenvalue weighted by molar-refractivity contribution is -0.197. The van der Waals surface area contributed by atoms with Crippen molar-refractivity contribution in [1.29, 1.82) is 0 Å². The minimum Gasteiger partial charge on any atom is -0.322 e. The van der Waals surface area contributed by atoms with Crippen LogP contribution in [0.15, 0.2) is 24.3 Å². The van der Waals surface area contributed by atoms with Gasteiger partial charge in [0.1, 0.15) is 0 Å². The number of hydrogen-bond donors (Lipinski definition) is 1. The molecule has 1 aromatic carbocycles. The molecular formula is C11H8ClF4NO2. The Morgan fingerprint density at radius 3 is 1.95 bits per heavy atom. The topological polar surface area (TPSA) is 46.2 Å². The molecule has 0 saturated carbocycles. The minimum atomic E-state index is -5.53. The number of anilines is 1. The molecule has 1 rings (SSSR count). The minimum absolute atomic E-state index is 0.109. The van der Waals surface area contributed by atoms with E-state index in [9.17, 15) is 27.2 Å². The van der Waals surface area contributed by atoms with Crippen molar-refractivity contribution in [2.75, 3.05) is 5.32 Å². The number of alkyl halides is 5. The Hall–Kier alpha value is -1.63. The first-order valence-electron chi connectivity index (χ1n) is 4.92. The highest BCUT2D eigenvalue weighted by molar-refractivity contribution is 6.36. The summed E-state index contributed by atoms with van der Waals surface area (Å²) in [6, 6.07) is 4.88. The van der Waals surface area contributed by atoms with E-state index in [4.69, 9.17) is 0 Å². The van der Waals surface area contributed by atoms with Crippen LogP contribution in [-0.4, -0.2) is 23.0 Å². The lowest BCUT2D eigenvalue weighted by atomic mass is 10.1. The van der Waals surface area contributed by atoms with Gasteiger partial charge < -0.3 is 5.32 Å². The van der Waals surface area contributed by atoms with E-state index in [-0.39, 0.29) is 11.5 Å². The largest absolute Gasteiger partial charge is 0.446 e. The van der Waals surface area contributed by atoms with E-state index in [1.165, 1.54) is 19.1 Å². The molecule has 1 amide bonds. The summed E-state index contributed by atoms with van der Waals surface area (Å²) in [5.41, 5.74) is 0.188. The van der Waals surface area contributed by atoms with Crippen LogP contribution in [0.3, 0.4) is 0 Å². The first-order chi connectivity index (χ1) is 8.55. The summed E-state index contributed by atoms with van der Waals surface area (Å²) in [4.78, 5) is 22.0. The molecule has 0 radical (unpaired) electrons. The van der Waals surface area contributed by atoms with Gasteiger partial charge in [0, 0.05) is 11.3 Å². The maximum absolute atomic E-state index is 13.1. The normalized spacial score (nSPS) is 14.6. The zero-order chi connectivity index (χ0) is 14.8. The number of rotatable bonds is 3. The van der Waals surface area contributed by atoms with Gasteiger partial charge in [0.15, 0.2) is 5.78 Å². The zero-order valence-electron chi connectivity index (χ0n) is 9.52. The maximum atomic E-state index is 13.1. The molecule has 19 heavy (non-hydrogen) atoms. The molecule has 3 nitrogen and oxygen atoms in total. The van der Waals surface area contributed by atoms with E-state index in [1.54, 1.807) is 5.32 Å². The van der Waals surface area contributed by atoms with Crippen molar-refractivity contribution in [1.82, 2.24) is 0 Å². The molecule has 0 saturated heterocycles. The lowest BCUT2D eigenvalue weighted by Gasteiger charge is -2.20. The number of nitrogens with one attached hydrogen (secondary N) is 1. The molecule has 1 N–H and O–H groups in total. The van der Waals surface area contributed by atoms with Crippen molar-refractivity contribution in [3.63, 3.8) is 0 Å². The number of hydrogen-bond acceptors (Lipinski definition) is 2. The summed E-state index contributed by atoms with van der Waals surface area (Å²) in [7, 11) is 0. The lowest BCUT2D eigenvalue weighted by Crippen LogP contribution is -2.46. The molecule has 0 spiro atoms. The Balaban J connectivity index is 2.86. The summed E-state index contributed by atoms with van der Waals surface area (Å²) >= 11 is 4.54. The average Bonchev–Trinajstić information content (AvgIpc) is 2.28. The second-order valence-electron chi connectivity index (χ2n) is 3.66. The highest BCUT2D eigenvalue weighted by atomic mass is 35.5. The molecule has 0 fully saturated rings. The predicted octanol–water partition coefficient (Wildman–Crippen LogP) is 3.29. The molecule has 104 valence electrons. The van der Waals surface area contributed by atoms with Gasteiger partial charge in [-0.25, -0.2) is 4.39 Å². The first kappa shape index (κ1) is 15.4.